The molecule has 0 bridgehead atoms. The molecule has 3 nitrogen and oxygen atoms in total. The molecular weight excluding hydrogens is 214 g/mol. The third-order valence-corrected chi connectivity index (χ3v) is 3.83. The zero-order valence-corrected chi connectivity index (χ0v) is 11.6. The summed E-state index contributed by atoms with van der Waals surface area (Å²) in [6, 6.07) is 0.162. The van der Waals surface area contributed by atoms with Gasteiger partial charge < -0.3 is 9.90 Å². The minimum absolute atomic E-state index is 0.0231. The minimum atomic E-state index is 0.0231. The van der Waals surface area contributed by atoms with Crippen molar-refractivity contribution in [1.29, 1.82) is 0 Å². The van der Waals surface area contributed by atoms with Gasteiger partial charge >= 0.3 is 0 Å². The molecular formula is C14H27NO2. The molecule has 1 N–H and O–H groups in total. The highest BCUT2D eigenvalue weighted by Crippen LogP contribution is 2.31. The highest BCUT2D eigenvalue weighted by Gasteiger charge is 2.34. The lowest BCUT2D eigenvalue weighted by atomic mass is 9.91. The summed E-state index contributed by atoms with van der Waals surface area (Å²) in [5, 5.41) is 8.90. The first kappa shape index (κ1) is 14.7. The quantitative estimate of drug-likeness (QED) is 0.715. The summed E-state index contributed by atoms with van der Waals surface area (Å²) in [5.41, 5.74) is 0.334. The van der Waals surface area contributed by atoms with Crippen molar-refractivity contribution in [2.24, 2.45) is 11.3 Å². The van der Waals surface area contributed by atoms with Crippen LogP contribution in [0.5, 0.6) is 0 Å². The molecule has 1 aliphatic carbocycles. The second-order valence-corrected chi connectivity index (χ2v) is 6.56. The van der Waals surface area contributed by atoms with Gasteiger partial charge in [0.05, 0.1) is 12.1 Å². The van der Waals surface area contributed by atoms with Gasteiger partial charge in [-0.2, -0.15) is 0 Å². The number of carbonyl (C=O) groups excluding carboxylic acids is 1. The first-order chi connectivity index (χ1) is 7.84. The van der Waals surface area contributed by atoms with Crippen LogP contribution < -0.4 is 0 Å². The Hall–Kier alpha value is -0.410. The van der Waals surface area contributed by atoms with Gasteiger partial charge in [0.1, 0.15) is 6.29 Å². The van der Waals surface area contributed by atoms with Crippen LogP contribution in [0.25, 0.3) is 0 Å². The Morgan fingerprint density at radius 3 is 2.18 bits per heavy atom. The van der Waals surface area contributed by atoms with Crippen LogP contribution in [0.2, 0.25) is 0 Å². The number of likely N-dealkylation sites (N-methyl/N-ethyl adjacent to an activating group) is 1. The van der Waals surface area contributed by atoms with Gasteiger partial charge in [0.15, 0.2) is 0 Å². The summed E-state index contributed by atoms with van der Waals surface area (Å²) in [4.78, 5) is 12.6. The lowest BCUT2D eigenvalue weighted by Crippen LogP contribution is -2.26. The van der Waals surface area contributed by atoms with Crippen molar-refractivity contribution >= 4 is 6.29 Å². The SMILES string of the molecule is CC1CC[C@@H](O)C1.CN1CC(C)(C)CC1C=O. The van der Waals surface area contributed by atoms with Gasteiger partial charge in [-0.15, -0.1) is 0 Å². The van der Waals surface area contributed by atoms with E-state index in [-0.39, 0.29) is 12.1 Å². The Balaban J connectivity index is 0.000000181. The Morgan fingerprint density at radius 2 is 2.00 bits per heavy atom. The molecule has 17 heavy (non-hydrogen) atoms. The van der Waals surface area contributed by atoms with Gasteiger partial charge in [0.25, 0.3) is 0 Å². The van der Waals surface area contributed by atoms with Gasteiger partial charge in [-0.3, -0.25) is 4.90 Å². The van der Waals surface area contributed by atoms with E-state index < -0.39 is 0 Å². The largest absolute Gasteiger partial charge is 0.393 e. The summed E-state index contributed by atoms with van der Waals surface area (Å²) < 4.78 is 0. The molecule has 1 heterocycles. The topological polar surface area (TPSA) is 40.5 Å². The van der Waals surface area contributed by atoms with E-state index in [1.54, 1.807) is 0 Å². The lowest BCUT2D eigenvalue weighted by Gasteiger charge is -2.15. The fraction of sp³-hybridized carbons (Fsp3) is 0.929. The van der Waals surface area contributed by atoms with E-state index in [4.69, 9.17) is 5.11 Å². The number of hydrogen-bond acceptors (Lipinski definition) is 3. The standard InChI is InChI=1S/C8H15NO.C6H12O/c1-8(2)4-7(5-10)9(3)6-8;1-5-2-3-6(7)4-5/h5,7H,4,6H2,1-3H3;5-7H,2-4H2,1H3/t;5?,6-/m.1/s1. The summed E-state index contributed by atoms with van der Waals surface area (Å²) in [6.45, 7) is 7.63. The number of rotatable bonds is 1. The molecule has 3 heteroatoms. The van der Waals surface area contributed by atoms with E-state index in [1.807, 2.05) is 7.05 Å². The fourth-order valence-corrected chi connectivity index (χ4v) is 2.91. The van der Waals surface area contributed by atoms with E-state index >= 15 is 0 Å². The molecule has 2 rings (SSSR count). The second-order valence-electron chi connectivity index (χ2n) is 6.56. The number of aliphatic hydroxyl groups excluding tert-OH is 1. The van der Waals surface area contributed by atoms with Gasteiger partial charge in [0.2, 0.25) is 0 Å². The highest BCUT2D eigenvalue weighted by molar-refractivity contribution is 5.58. The second kappa shape index (κ2) is 5.96. The lowest BCUT2D eigenvalue weighted by molar-refractivity contribution is -0.111. The van der Waals surface area contributed by atoms with Crippen molar-refractivity contribution in [3.8, 4) is 0 Å². The van der Waals surface area contributed by atoms with Crippen LogP contribution in [0, 0.1) is 11.3 Å². The molecule has 0 aromatic carbocycles. The maximum Gasteiger partial charge on any atom is 0.137 e. The molecule has 2 unspecified atom stereocenters. The summed E-state index contributed by atoms with van der Waals surface area (Å²) >= 11 is 0. The first-order valence-corrected chi connectivity index (χ1v) is 6.67. The van der Waals surface area contributed by atoms with Crippen molar-refractivity contribution in [3.05, 3.63) is 0 Å². The molecule has 1 saturated heterocycles. The van der Waals surface area contributed by atoms with E-state index in [1.165, 1.54) is 6.42 Å². The zero-order chi connectivity index (χ0) is 13.1. The van der Waals surface area contributed by atoms with Crippen molar-refractivity contribution in [1.82, 2.24) is 4.90 Å². The maximum absolute atomic E-state index is 10.5. The molecule has 3 atom stereocenters. The molecule has 0 aromatic heterocycles. The van der Waals surface area contributed by atoms with Gasteiger partial charge in [-0.1, -0.05) is 20.8 Å². The fourth-order valence-electron chi connectivity index (χ4n) is 2.91. The molecule has 0 amide bonds. The number of hydrogen-bond donors (Lipinski definition) is 1. The average molecular weight is 241 g/mol. The Labute approximate surface area is 105 Å². The van der Waals surface area contributed by atoms with Crippen molar-refractivity contribution in [2.45, 2.75) is 58.6 Å². The number of aliphatic hydroxyl groups is 1. The third kappa shape index (κ3) is 4.76. The molecule has 1 saturated carbocycles. The minimum Gasteiger partial charge on any atom is -0.393 e. The van der Waals surface area contributed by atoms with E-state index in [0.29, 0.717) is 5.41 Å². The van der Waals surface area contributed by atoms with E-state index in [0.717, 1.165) is 38.0 Å². The Bertz CT molecular complexity index is 245. The Morgan fingerprint density at radius 1 is 1.35 bits per heavy atom. The van der Waals surface area contributed by atoms with E-state index in [9.17, 15) is 4.79 Å². The molecule has 2 aliphatic rings. The van der Waals surface area contributed by atoms with Crippen LogP contribution in [-0.4, -0.2) is 42.0 Å². The number of carbonyl (C=O) groups is 1. The van der Waals surface area contributed by atoms with Crippen LogP contribution in [-0.2, 0) is 4.79 Å². The maximum atomic E-state index is 10.5. The number of aldehydes is 1. The highest BCUT2D eigenvalue weighted by atomic mass is 16.3. The molecule has 2 fully saturated rings. The van der Waals surface area contributed by atoms with Crippen LogP contribution in [0.4, 0.5) is 0 Å². The van der Waals surface area contributed by atoms with Crippen molar-refractivity contribution in [3.63, 3.8) is 0 Å². The molecule has 1 aliphatic heterocycles. The summed E-state index contributed by atoms with van der Waals surface area (Å²) in [6.07, 6.45) is 5.36. The van der Waals surface area contributed by atoms with Gasteiger partial charge in [-0.25, -0.2) is 0 Å². The third-order valence-electron chi connectivity index (χ3n) is 3.83. The molecule has 100 valence electrons. The van der Waals surface area contributed by atoms with Gasteiger partial charge in [0, 0.05) is 6.54 Å². The van der Waals surface area contributed by atoms with Crippen LogP contribution in [0.15, 0.2) is 0 Å². The predicted molar refractivity (Wildman–Crippen MR) is 69.9 cm³/mol. The average Bonchev–Trinajstić information content (AvgIpc) is 2.70. The smallest absolute Gasteiger partial charge is 0.137 e. The first-order valence-electron chi connectivity index (χ1n) is 6.67. The van der Waals surface area contributed by atoms with Crippen molar-refractivity contribution < 1.29 is 9.90 Å². The van der Waals surface area contributed by atoms with Gasteiger partial charge in [-0.05, 0) is 44.1 Å². The molecule has 0 aromatic rings. The monoisotopic (exact) mass is 241 g/mol. The van der Waals surface area contributed by atoms with E-state index in [2.05, 4.69) is 25.7 Å². The Kier molecular flexibility index (Phi) is 5.14. The molecule has 0 spiro atoms. The van der Waals surface area contributed by atoms with Crippen LogP contribution in [0.1, 0.15) is 46.5 Å². The van der Waals surface area contributed by atoms with Crippen LogP contribution in [0.3, 0.4) is 0 Å². The normalized spacial score (nSPS) is 36.4. The summed E-state index contributed by atoms with van der Waals surface area (Å²) in [5.74, 6) is 0.773. The van der Waals surface area contributed by atoms with Crippen LogP contribution >= 0.6 is 0 Å². The van der Waals surface area contributed by atoms with Crippen molar-refractivity contribution in [2.75, 3.05) is 13.6 Å². The zero-order valence-electron chi connectivity index (χ0n) is 11.6. The molecule has 0 radical (unpaired) electrons. The number of nitrogens with zero attached hydrogens (tertiary/aromatic N) is 1. The predicted octanol–water partition coefficient (Wildman–Crippen LogP) is 2.08. The summed E-state index contributed by atoms with van der Waals surface area (Å²) in [7, 11) is 2.01. The number of likely N-dealkylation sites (tertiary alicyclic amines) is 1.